The van der Waals surface area contributed by atoms with E-state index in [0.29, 0.717) is 5.75 Å². The third-order valence-corrected chi connectivity index (χ3v) is 5.94. The van der Waals surface area contributed by atoms with Gasteiger partial charge in [0.25, 0.3) is 0 Å². The van der Waals surface area contributed by atoms with Crippen LogP contribution in [0, 0.1) is 0 Å². The molecule has 5 aromatic rings. The molecule has 0 amide bonds. The van der Waals surface area contributed by atoms with Crippen molar-refractivity contribution in [1.82, 2.24) is 0 Å². The molecule has 0 bridgehead atoms. The number of rotatable bonds is 3. The highest BCUT2D eigenvalue weighted by Gasteiger charge is 2.12. The van der Waals surface area contributed by atoms with Crippen LogP contribution in [0.5, 0.6) is 5.75 Å². The zero-order valence-corrected chi connectivity index (χ0v) is 14.7. The van der Waals surface area contributed by atoms with Gasteiger partial charge < -0.3 is 9.68 Å². The second kappa shape index (κ2) is 6.17. The van der Waals surface area contributed by atoms with E-state index in [1.807, 2.05) is 12.1 Å². The Morgan fingerprint density at radius 3 is 2.50 bits per heavy atom. The van der Waals surface area contributed by atoms with Gasteiger partial charge in [0.15, 0.2) is 0 Å². The maximum Gasteiger partial charge on any atom is 0.569 e. The average Bonchev–Trinajstić information content (AvgIpc) is 3.07. The number of hydrogen-bond acceptors (Lipinski definition) is 3. The molecule has 123 valence electrons. The van der Waals surface area contributed by atoms with Crippen LogP contribution in [0.1, 0.15) is 0 Å². The van der Waals surface area contributed by atoms with Crippen molar-refractivity contribution >= 4 is 50.0 Å². The van der Waals surface area contributed by atoms with Crippen molar-refractivity contribution in [1.29, 1.82) is 0 Å². The summed E-state index contributed by atoms with van der Waals surface area (Å²) in [4.78, 5) is 0. The highest BCUT2D eigenvalue weighted by molar-refractivity contribution is 7.26. The van der Waals surface area contributed by atoms with Crippen molar-refractivity contribution in [2.45, 2.75) is 0 Å². The summed E-state index contributed by atoms with van der Waals surface area (Å²) in [5.41, 5.74) is 2.44. The van der Waals surface area contributed by atoms with Crippen LogP contribution in [-0.2, 0) is 0 Å². The molecule has 4 aromatic carbocycles. The van der Waals surface area contributed by atoms with Crippen LogP contribution >= 0.6 is 11.3 Å². The lowest BCUT2D eigenvalue weighted by molar-refractivity contribution is 0.457. The van der Waals surface area contributed by atoms with Crippen molar-refractivity contribution in [2.75, 3.05) is 0 Å². The van der Waals surface area contributed by atoms with Gasteiger partial charge in [0.2, 0.25) is 0 Å². The minimum absolute atomic E-state index is 0.679. The summed E-state index contributed by atoms with van der Waals surface area (Å²) >= 11 is 1.68. The molecule has 2 nitrogen and oxygen atoms in total. The predicted octanol–water partition coefficient (Wildman–Crippen LogP) is 5.78. The normalized spacial score (nSPS) is 11.3. The fourth-order valence-corrected chi connectivity index (χ4v) is 4.71. The number of fused-ring (bicyclic) bond motifs is 4. The lowest BCUT2D eigenvalue weighted by atomic mass is 9.97. The Bertz CT molecular complexity index is 1250. The summed E-state index contributed by atoms with van der Waals surface area (Å²) in [6.45, 7) is 0. The van der Waals surface area contributed by atoms with E-state index >= 15 is 0 Å². The molecule has 0 atom stereocenters. The van der Waals surface area contributed by atoms with Gasteiger partial charge in [-0.15, -0.1) is 11.3 Å². The van der Waals surface area contributed by atoms with Crippen LogP contribution in [0.4, 0.5) is 0 Å². The fourth-order valence-electron chi connectivity index (χ4n) is 3.57. The summed E-state index contributed by atoms with van der Waals surface area (Å²) in [5, 5.41) is 13.9. The summed E-state index contributed by atoms with van der Waals surface area (Å²) in [7, 11) is 0.737. The van der Waals surface area contributed by atoms with E-state index in [-0.39, 0.29) is 0 Å². The van der Waals surface area contributed by atoms with Gasteiger partial charge in [0.05, 0.1) is 4.70 Å². The van der Waals surface area contributed by atoms with Crippen molar-refractivity contribution in [2.24, 2.45) is 0 Å². The standard InChI is InChI=1S/C22H14BO2S/c24-23-25-20-10-4-9-18-19-13-15(11-12-21(19)26-22(18)20)17-8-3-6-14-5-1-2-7-16(14)17/h1-13,24H. The van der Waals surface area contributed by atoms with E-state index in [2.05, 4.69) is 66.7 Å². The van der Waals surface area contributed by atoms with Gasteiger partial charge in [-0.3, -0.25) is 0 Å². The van der Waals surface area contributed by atoms with Crippen LogP contribution in [-0.4, -0.2) is 12.7 Å². The number of thiophene rings is 1. The van der Waals surface area contributed by atoms with Crippen molar-refractivity contribution < 1.29 is 9.68 Å². The molecule has 0 spiro atoms. The summed E-state index contributed by atoms with van der Waals surface area (Å²) < 4.78 is 7.51. The Balaban J connectivity index is 1.77. The highest BCUT2D eigenvalue weighted by atomic mass is 32.1. The summed E-state index contributed by atoms with van der Waals surface area (Å²) in [6, 6.07) is 27.4. The lowest BCUT2D eigenvalue weighted by Crippen LogP contribution is -1.99. The molecule has 0 unspecified atom stereocenters. The molecule has 0 saturated heterocycles. The van der Waals surface area contributed by atoms with Gasteiger partial charge in [-0.05, 0) is 40.1 Å². The van der Waals surface area contributed by atoms with E-state index < -0.39 is 0 Å². The van der Waals surface area contributed by atoms with Crippen molar-refractivity contribution in [3.05, 3.63) is 78.9 Å². The molecule has 4 heteroatoms. The van der Waals surface area contributed by atoms with E-state index in [9.17, 15) is 0 Å². The maximum atomic E-state index is 9.00. The van der Waals surface area contributed by atoms with E-state index in [1.165, 1.54) is 32.0 Å². The quantitative estimate of drug-likeness (QED) is 0.417. The first-order valence-corrected chi connectivity index (χ1v) is 9.23. The molecule has 0 aliphatic rings. The molecule has 5 rings (SSSR count). The first-order valence-electron chi connectivity index (χ1n) is 8.41. The molecule has 0 fully saturated rings. The monoisotopic (exact) mass is 353 g/mol. The van der Waals surface area contributed by atoms with Gasteiger partial charge in [-0.2, -0.15) is 0 Å². The van der Waals surface area contributed by atoms with Crippen molar-refractivity contribution in [3.8, 4) is 16.9 Å². The van der Waals surface area contributed by atoms with E-state index in [4.69, 9.17) is 9.68 Å². The zero-order chi connectivity index (χ0) is 17.5. The fraction of sp³-hybridized carbons (Fsp3) is 0. The lowest BCUT2D eigenvalue weighted by Gasteiger charge is -2.07. The second-order valence-electron chi connectivity index (χ2n) is 6.20. The minimum atomic E-state index is 0.679. The molecule has 1 aromatic heterocycles. The molecule has 26 heavy (non-hydrogen) atoms. The Morgan fingerprint density at radius 2 is 1.58 bits per heavy atom. The van der Waals surface area contributed by atoms with Gasteiger partial charge in [-0.1, -0.05) is 60.7 Å². The third kappa shape index (κ3) is 2.38. The van der Waals surface area contributed by atoms with Gasteiger partial charge >= 0.3 is 7.69 Å². The van der Waals surface area contributed by atoms with Crippen molar-refractivity contribution in [3.63, 3.8) is 0 Å². The number of hydrogen-bond donors (Lipinski definition) is 1. The Hall–Kier alpha value is -2.82. The molecule has 1 N–H and O–H groups in total. The first-order chi connectivity index (χ1) is 12.8. The maximum absolute atomic E-state index is 9.00. The smallest absolute Gasteiger partial charge is 0.536 e. The van der Waals surface area contributed by atoms with Crippen LogP contribution in [0.2, 0.25) is 0 Å². The highest BCUT2D eigenvalue weighted by Crippen LogP contribution is 2.41. The minimum Gasteiger partial charge on any atom is -0.536 e. The first kappa shape index (κ1) is 15.4. The Morgan fingerprint density at radius 1 is 0.769 bits per heavy atom. The topological polar surface area (TPSA) is 29.5 Å². The third-order valence-electron chi connectivity index (χ3n) is 4.74. The van der Waals surface area contributed by atoms with Crippen LogP contribution in [0.25, 0.3) is 42.1 Å². The number of benzene rings is 4. The zero-order valence-electron chi connectivity index (χ0n) is 13.8. The van der Waals surface area contributed by atoms with Gasteiger partial charge in [0, 0.05) is 15.5 Å². The van der Waals surface area contributed by atoms with Crippen LogP contribution < -0.4 is 4.65 Å². The predicted molar refractivity (Wildman–Crippen MR) is 111 cm³/mol. The molecule has 0 aliphatic carbocycles. The summed E-state index contributed by atoms with van der Waals surface area (Å²) in [5.74, 6) is 0.679. The van der Waals surface area contributed by atoms with Gasteiger partial charge in [0.1, 0.15) is 5.75 Å². The summed E-state index contributed by atoms with van der Waals surface area (Å²) in [6.07, 6.45) is 0. The van der Waals surface area contributed by atoms with Crippen LogP contribution in [0.15, 0.2) is 78.9 Å². The molecule has 0 aliphatic heterocycles. The van der Waals surface area contributed by atoms with E-state index in [0.717, 1.165) is 17.8 Å². The Labute approximate surface area is 155 Å². The average molecular weight is 353 g/mol. The SMILES string of the molecule is O[B]Oc1cccc2c1sc1ccc(-c3cccc4ccccc34)cc12. The molecule has 0 saturated carbocycles. The second-order valence-corrected chi connectivity index (χ2v) is 7.25. The van der Waals surface area contributed by atoms with Gasteiger partial charge in [-0.25, -0.2) is 0 Å². The molecular weight excluding hydrogens is 339 g/mol. The largest absolute Gasteiger partial charge is 0.569 e. The van der Waals surface area contributed by atoms with Crippen LogP contribution in [0.3, 0.4) is 0 Å². The van der Waals surface area contributed by atoms with E-state index in [1.54, 1.807) is 11.3 Å². The molecule has 1 heterocycles. The Kier molecular flexibility index (Phi) is 3.66. The molecule has 1 radical (unpaired) electrons. The molecular formula is C22H14BO2S.